The van der Waals surface area contributed by atoms with Gasteiger partial charge in [0.2, 0.25) is 0 Å². The molecule has 0 spiro atoms. The molecule has 0 aliphatic heterocycles. The fourth-order valence-corrected chi connectivity index (χ4v) is 4.78. The molecular weight excluding hydrogens is 492 g/mol. The van der Waals surface area contributed by atoms with Gasteiger partial charge >= 0.3 is 0 Å². The molecule has 0 saturated carbocycles. The van der Waals surface area contributed by atoms with E-state index in [9.17, 15) is 39.5 Å². The van der Waals surface area contributed by atoms with Gasteiger partial charge in [-0.2, -0.15) is 16.8 Å². The van der Waals surface area contributed by atoms with Crippen molar-refractivity contribution < 1.29 is 39.5 Å². The molecule has 0 atom stereocenters. The van der Waals surface area contributed by atoms with Crippen LogP contribution in [0, 0.1) is 0 Å². The third kappa shape index (κ3) is 6.42. The van der Waals surface area contributed by atoms with E-state index < -0.39 is 51.5 Å². The summed E-state index contributed by atoms with van der Waals surface area (Å²) < 4.78 is 91.8. The zero-order chi connectivity index (χ0) is 21.6. The van der Waals surface area contributed by atoms with Crippen molar-refractivity contribution in [2.75, 3.05) is 4.72 Å². The normalized spacial score (nSPS) is 11.9. The predicted octanol–water partition coefficient (Wildman–Crippen LogP) is 1.08. The van der Waals surface area contributed by atoms with Crippen molar-refractivity contribution in [3.05, 3.63) is 54.6 Å². The molecule has 156 valence electrons. The average Bonchev–Trinajstić information content (AvgIpc) is 2.60. The number of hydrogen-bond acceptors (Lipinski definition) is 7. The standard InChI is InChI=1S/C16H13NO9S3.2Na/c18-15-9-13(29(24,25)26)7-10-6-12(28(21,22)23)8-14(16(10)15)17-27(19,20)11-4-2-1-3-5-11;;/h1-9,17-18H,(H,21,22,23)(H,24,25,26);;. The monoisotopic (exact) mass is 505 g/mol. The van der Waals surface area contributed by atoms with Crippen molar-refractivity contribution in [1.29, 1.82) is 0 Å². The Morgan fingerprint density at radius 2 is 1.16 bits per heavy atom. The van der Waals surface area contributed by atoms with Crippen molar-refractivity contribution in [2.24, 2.45) is 0 Å². The first-order chi connectivity index (χ1) is 13.3. The second kappa shape index (κ2) is 10.1. The first-order valence-corrected chi connectivity index (χ1v) is 12.0. The van der Waals surface area contributed by atoms with E-state index in [4.69, 9.17) is 0 Å². The summed E-state index contributed by atoms with van der Waals surface area (Å²) in [6.07, 6.45) is 0. The quantitative estimate of drug-likeness (QED) is 0.292. The second-order valence-electron chi connectivity index (χ2n) is 5.88. The maximum Gasteiger partial charge on any atom is 0.294 e. The number of rotatable bonds is 5. The average molecular weight is 505 g/mol. The van der Waals surface area contributed by atoms with Gasteiger partial charge in [-0.1, -0.05) is 18.2 Å². The molecule has 4 N–H and O–H groups in total. The molecule has 0 aliphatic carbocycles. The van der Waals surface area contributed by atoms with Crippen LogP contribution >= 0.6 is 0 Å². The molecule has 0 amide bonds. The van der Waals surface area contributed by atoms with Crippen LogP contribution in [0.15, 0.2) is 69.3 Å². The summed E-state index contributed by atoms with van der Waals surface area (Å²) in [6.45, 7) is 0. The molecule has 0 aromatic heterocycles. The Kier molecular flexibility index (Phi) is 9.18. The fraction of sp³-hybridized carbons (Fsp3) is 0. The van der Waals surface area contributed by atoms with Gasteiger partial charge in [0.25, 0.3) is 30.3 Å². The molecule has 0 aliphatic rings. The molecule has 31 heavy (non-hydrogen) atoms. The van der Waals surface area contributed by atoms with Crippen molar-refractivity contribution >= 4 is 106 Å². The van der Waals surface area contributed by atoms with Crippen molar-refractivity contribution in [1.82, 2.24) is 0 Å². The van der Waals surface area contributed by atoms with E-state index in [2.05, 4.69) is 4.72 Å². The Hall–Kier alpha value is -0.710. The number of phenols is 1. The number of anilines is 1. The zero-order valence-electron chi connectivity index (χ0n) is 16.2. The smallest absolute Gasteiger partial charge is 0.294 e. The second-order valence-corrected chi connectivity index (χ2v) is 10.4. The fourth-order valence-electron chi connectivity index (χ4n) is 2.62. The van der Waals surface area contributed by atoms with Gasteiger partial charge in [0.05, 0.1) is 20.4 Å². The minimum Gasteiger partial charge on any atom is -0.507 e. The molecule has 3 aromatic carbocycles. The number of sulfonamides is 1. The summed E-state index contributed by atoms with van der Waals surface area (Å²) in [4.78, 5) is -1.69. The molecule has 3 rings (SSSR count). The van der Waals surface area contributed by atoms with Gasteiger partial charge in [0.1, 0.15) is 5.75 Å². The maximum atomic E-state index is 12.6. The predicted molar refractivity (Wildman–Crippen MR) is 114 cm³/mol. The molecule has 0 saturated heterocycles. The summed E-state index contributed by atoms with van der Waals surface area (Å²) in [5.41, 5.74) is -0.432. The van der Waals surface area contributed by atoms with Gasteiger partial charge in [-0.3, -0.25) is 13.8 Å². The van der Waals surface area contributed by atoms with E-state index in [-0.39, 0.29) is 74.8 Å². The summed E-state index contributed by atoms with van der Waals surface area (Å²) in [7, 11) is -13.8. The van der Waals surface area contributed by atoms with Crippen LogP contribution in [0.2, 0.25) is 0 Å². The van der Waals surface area contributed by atoms with Crippen LogP contribution in [0.5, 0.6) is 5.75 Å². The van der Waals surface area contributed by atoms with Gasteiger partial charge < -0.3 is 5.11 Å². The van der Waals surface area contributed by atoms with E-state index in [1.165, 1.54) is 24.3 Å². The number of fused-ring (bicyclic) bond motifs is 1. The summed E-state index contributed by atoms with van der Waals surface area (Å²) in [5.74, 6) is -0.747. The van der Waals surface area contributed by atoms with Crippen LogP contribution in [-0.2, 0) is 30.3 Å². The molecule has 0 unspecified atom stereocenters. The van der Waals surface area contributed by atoms with Gasteiger partial charge in [-0.05, 0) is 35.7 Å². The number of phenolic OH excluding ortho intramolecular Hbond substituents is 1. The van der Waals surface area contributed by atoms with Crippen molar-refractivity contribution in [3.8, 4) is 5.75 Å². The number of aromatic hydroxyl groups is 1. The molecule has 2 radical (unpaired) electrons. The van der Waals surface area contributed by atoms with Crippen LogP contribution in [0.4, 0.5) is 5.69 Å². The van der Waals surface area contributed by atoms with Crippen molar-refractivity contribution in [2.45, 2.75) is 14.7 Å². The van der Waals surface area contributed by atoms with Crippen LogP contribution in [0.1, 0.15) is 0 Å². The molecule has 3 aromatic rings. The van der Waals surface area contributed by atoms with E-state index in [0.29, 0.717) is 6.07 Å². The molecular formula is C16H13NNa2O9S3. The number of benzene rings is 3. The number of hydrogen-bond donors (Lipinski definition) is 4. The molecule has 0 bridgehead atoms. The SMILES string of the molecule is O=S(=O)(O)c1cc(O)c2c(NS(=O)(=O)c3ccccc3)cc(S(=O)(=O)O)cc2c1.[Na].[Na]. The van der Waals surface area contributed by atoms with Crippen LogP contribution < -0.4 is 4.72 Å². The largest absolute Gasteiger partial charge is 0.507 e. The Bertz CT molecular complexity index is 1440. The Morgan fingerprint density at radius 3 is 1.65 bits per heavy atom. The summed E-state index contributed by atoms with van der Waals surface area (Å²) in [6, 6.07) is 10.1. The zero-order valence-corrected chi connectivity index (χ0v) is 22.7. The van der Waals surface area contributed by atoms with Gasteiger partial charge in [-0.25, -0.2) is 8.42 Å². The summed E-state index contributed by atoms with van der Waals surface area (Å²) >= 11 is 0. The first kappa shape index (κ1) is 28.3. The minimum absolute atomic E-state index is 0. The van der Waals surface area contributed by atoms with Crippen molar-refractivity contribution in [3.63, 3.8) is 0 Å². The first-order valence-electron chi connectivity index (χ1n) is 7.63. The van der Waals surface area contributed by atoms with Crippen LogP contribution in [0.3, 0.4) is 0 Å². The minimum atomic E-state index is -4.83. The van der Waals surface area contributed by atoms with E-state index >= 15 is 0 Å². The van der Waals surface area contributed by atoms with Gasteiger partial charge in [0.15, 0.2) is 0 Å². The third-order valence-electron chi connectivity index (χ3n) is 3.87. The topological polar surface area (TPSA) is 175 Å². The summed E-state index contributed by atoms with van der Waals surface area (Å²) in [5, 5.41) is 9.72. The Balaban J connectivity index is 0.00000240. The Labute approximate surface area is 222 Å². The van der Waals surface area contributed by atoms with Gasteiger partial charge in [0, 0.05) is 70.6 Å². The van der Waals surface area contributed by atoms with E-state index in [0.717, 1.165) is 18.2 Å². The molecule has 15 heteroatoms. The number of nitrogens with one attached hydrogen (secondary N) is 1. The van der Waals surface area contributed by atoms with Crippen LogP contribution in [-0.4, -0.2) is 98.6 Å². The Morgan fingerprint density at radius 1 is 0.677 bits per heavy atom. The molecule has 0 fully saturated rings. The maximum absolute atomic E-state index is 12.6. The third-order valence-corrected chi connectivity index (χ3v) is 6.91. The van der Waals surface area contributed by atoms with Crippen LogP contribution in [0.25, 0.3) is 10.8 Å². The van der Waals surface area contributed by atoms with E-state index in [1.54, 1.807) is 6.07 Å². The molecule has 10 nitrogen and oxygen atoms in total. The van der Waals surface area contributed by atoms with Gasteiger partial charge in [-0.15, -0.1) is 0 Å². The molecule has 0 heterocycles. The van der Waals surface area contributed by atoms with E-state index in [1.807, 2.05) is 0 Å².